The van der Waals surface area contributed by atoms with Crippen LogP contribution in [0.5, 0.6) is 0 Å². The summed E-state index contributed by atoms with van der Waals surface area (Å²) >= 11 is 0. The van der Waals surface area contributed by atoms with Crippen molar-refractivity contribution in [2.75, 3.05) is 0 Å². The molecule has 25 heavy (non-hydrogen) atoms. The van der Waals surface area contributed by atoms with E-state index >= 15 is 0 Å². The smallest absolute Gasteiger partial charge is 0.0199 e. The first-order valence-corrected chi connectivity index (χ1v) is 12.1. The average Bonchev–Trinajstić information content (AvgIpc) is 3.24. The average molecular weight is 347 g/mol. The predicted molar refractivity (Wildman–Crippen MR) is 113 cm³/mol. The van der Waals surface area contributed by atoms with Crippen LogP contribution in [0.2, 0.25) is 0 Å². The molecule has 0 N–H and O–H groups in total. The minimum Gasteiger partial charge on any atom is -0.0851 e. The van der Waals surface area contributed by atoms with Crippen LogP contribution in [-0.4, -0.2) is 0 Å². The van der Waals surface area contributed by atoms with Crippen molar-refractivity contribution >= 4 is 0 Å². The van der Waals surface area contributed by atoms with E-state index in [1.807, 2.05) is 0 Å². The minimum absolute atomic E-state index is 0.969. The van der Waals surface area contributed by atoms with Gasteiger partial charge in [0.1, 0.15) is 0 Å². The topological polar surface area (TPSA) is 0 Å². The number of allylic oxidation sites excluding steroid dienone is 2. The molecule has 0 spiro atoms. The van der Waals surface area contributed by atoms with Gasteiger partial charge in [-0.3, -0.25) is 0 Å². The lowest BCUT2D eigenvalue weighted by molar-refractivity contribution is 0.393. The van der Waals surface area contributed by atoms with Crippen LogP contribution in [0.4, 0.5) is 0 Å². The summed E-state index contributed by atoms with van der Waals surface area (Å²) in [5, 5.41) is 0. The molecular formula is C25H46. The zero-order valence-electron chi connectivity index (χ0n) is 17.3. The van der Waals surface area contributed by atoms with Crippen LogP contribution in [0.25, 0.3) is 0 Å². The molecule has 0 amide bonds. The maximum atomic E-state index is 2.52. The third kappa shape index (κ3) is 9.30. The molecule has 0 nitrogen and oxygen atoms in total. The Balaban J connectivity index is 1.23. The van der Waals surface area contributed by atoms with Crippen LogP contribution in [-0.2, 0) is 0 Å². The van der Waals surface area contributed by atoms with Gasteiger partial charge in [-0.25, -0.2) is 0 Å². The SMILES string of the molecule is CCCCCCCCCCCCCCCCCC[C@H]1C[C@@H]2C=C[C@H]1C2. The number of hydrogen-bond donors (Lipinski definition) is 0. The molecule has 2 bridgehead atoms. The summed E-state index contributed by atoms with van der Waals surface area (Å²) in [4.78, 5) is 0. The van der Waals surface area contributed by atoms with Crippen molar-refractivity contribution in [2.24, 2.45) is 17.8 Å². The summed E-state index contributed by atoms with van der Waals surface area (Å²) in [5.41, 5.74) is 0. The molecule has 0 heteroatoms. The highest BCUT2D eigenvalue weighted by atomic mass is 14.4. The van der Waals surface area contributed by atoms with Gasteiger partial charge in [-0.1, -0.05) is 122 Å². The molecule has 0 aromatic rings. The highest BCUT2D eigenvalue weighted by Gasteiger charge is 2.34. The van der Waals surface area contributed by atoms with E-state index < -0.39 is 0 Å². The molecule has 2 aliphatic rings. The van der Waals surface area contributed by atoms with Crippen LogP contribution in [0.15, 0.2) is 12.2 Å². The zero-order valence-corrected chi connectivity index (χ0v) is 17.3. The first-order valence-electron chi connectivity index (χ1n) is 12.1. The Hall–Kier alpha value is -0.260. The summed E-state index contributed by atoms with van der Waals surface area (Å²) < 4.78 is 0. The predicted octanol–water partition coefficient (Wildman–Crippen LogP) is 8.85. The molecule has 146 valence electrons. The second-order valence-electron chi connectivity index (χ2n) is 9.13. The second-order valence-corrected chi connectivity index (χ2v) is 9.13. The molecule has 0 aromatic carbocycles. The van der Waals surface area contributed by atoms with E-state index in [-0.39, 0.29) is 0 Å². The van der Waals surface area contributed by atoms with E-state index in [4.69, 9.17) is 0 Å². The van der Waals surface area contributed by atoms with Gasteiger partial charge in [0.15, 0.2) is 0 Å². The van der Waals surface area contributed by atoms with Gasteiger partial charge in [-0.2, -0.15) is 0 Å². The molecule has 2 rings (SSSR count). The number of rotatable bonds is 17. The Morgan fingerprint density at radius 3 is 1.44 bits per heavy atom. The van der Waals surface area contributed by atoms with E-state index in [2.05, 4.69) is 19.1 Å². The van der Waals surface area contributed by atoms with Crippen molar-refractivity contribution in [3.05, 3.63) is 12.2 Å². The number of hydrogen-bond acceptors (Lipinski definition) is 0. The molecule has 3 atom stereocenters. The van der Waals surface area contributed by atoms with Crippen molar-refractivity contribution in [2.45, 2.75) is 129 Å². The Morgan fingerprint density at radius 1 is 0.560 bits per heavy atom. The fraction of sp³-hybridized carbons (Fsp3) is 0.920. The van der Waals surface area contributed by atoms with Gasteiger partial charge in [0.2, 0.25) is 0 Å². The van der Waals surface area contributed by atoms with Gasteiger partial charge in [-0.15, -0.1) is 0 Å². The van der Waals surface area contributed by atoms with Crippen molar-refractivity contribution in [1.82, 2.24) is 0 Å². The summed E-state index contributed by atoms with van der Waals surface area (Å²) in [6.45, 7) is 2.30. The van der Waals surface area contributed by atoms with Gasteiger partial charge in [0.05, 0.1) is 0 Å². The normalized spacial score (nSPS) is 24.4. The van der Waals surface area contributed by atoms with Crippen molar-refractivity contribution < 1.29 is 0 Å². The highest BCUT2D eigenvalue weighted by Crippen LogP contribution is 2.45. The van der Waals surface area contributed by atoms with Crippen LogP contribution < -0.4 is 0 Å². The molecule has 0 heterocycles. The molecule has 0 unspecified atom stereocenters. The standard InChI is InChI=1S/C25H46/c1-2-3-4-5-6-7-8-9-10-11-12-13-14-15-16-17-18-24-21-23-19-20-25(24)22-23/h19-20,23-25H,2-18,21-22H2,1H3/t23-,24-,25-/m0/s1. The molecule has 0 saturated heterocycles. The van der Waals surface area contributed by atoms with Crippen LogP contribution in [0.3, 0.4) is 0 Å². The van der Waals surface area contributed by atoms with Crippen molar-refractivity contribution in [1.29, 1.82) is 0 Å². The molecule has 2 aliphatic carbocycles. The first kappa shape index (κ1) is 21.0. The maximum absolute atomic E-state index is 2.52. The quantitative estimate of drug-likeness (QED) is 0.182. The Bertz CT molecular complexity index is 329. The highest BCUT2D eigenvalue weighted by molar-refractivity contribution is 5.09. The van der Waals surface area contributed by atoms with Gasteiger partial charge >= 0.3 is 0 Å². The fourth-order valence-corrected chi connectivity index (χ4v) is 5.18. The Labute approximate surface area is 159 Å². The van der Waals surface area contributed by atoms with Gasteiger partial charge in [0, 0.05) is 0 Å². The lowest BCUT2D eigenvalue weighted by Gasteiger charge is -2.17. The van der Waals surface area contributed by atoms with Crippen LogP contribution in [0.1, 0.15) is 129 Å². The van der Waals surface area contributed by atoms with E-state index in [0.717, 1.165) is 17.8 Å². The Kier molecular flexibility index (Phi) is 11.7. The van der Waals surface area contributed by atoms with Gasteiger partial charge < -0.3 is 0 Å². The van der Waals surface area contributed by atoms with Crippen molar-refractivity contribution in [3.8, 4) is 0 Å². The Morgan fingerprint density at radius 2 is 1.04 bits per heavy atom. The van der Waals surface area contributed by atoms with E-state index in [1.165, 1.54) is 122 Å². The molecule has 1 fully saturated rings. The van der Waals surface area contributed by atoms with E-state index in [1.54, 1.807) is 0 Å². The van der Waals surface area contributed by atoms with Crippen LogP contribution in [0, 0.1) is 17.8 Å². The largest absolute Gasteiger partial charge is 0.0851 e. The lowest BCUT2D eigenvalue weighted by atomic mass is 9.88. The van der Waals surface area contributed by atoms with Gasteiger partial charge in [-0.05, 0) is 37.0 Å². The third-order valence-electron chi connectivity index (χ3n) is 6.84. The summed E-state index contributed by atoms with van der Waals surface area (Å²) in [6.07, 6.45) is 33.2. The number of fused-ring (bicyclic) bond motifs is 2. The summed E-state index contributed by atoms with van der Waals surface area (Å²) in [6, 6.07) is 0. The lowest BCUT2D eigenvalue weighted by Crippen LogP contribution is -2.06. The number of unbranched alkanes of at least 4 members (excludes halogenated alkanes) is 15. The maximum Gasteiger partial charge on any atom is -0.0199 e. The first-order chi connectivity index (χ1) is 12.4. The van der Waals surface area contributed by atoms with E-state index in [9.17, 15) is 0 Å². The summed E-state index contributed by atoms with van der Waals surface area (Å²) in [7, 11) is 0. The monoisotopic (exact) mass is 346 g/mol. The molecule has 0 radical (unpaired) electrons. The minimum atomic E-state index is 0.969. The molecular weight excluding hydrogens is 300 g/mol. The molecule has 0 aromatic heterocycles. The second kappa shape index (κ2) is 13.9. The van der Waals surface area contributed by atoms with Gasteiger partial charge in [0.25, 0.3) is 0 Å². The van der Waals surface area contributed by atoms with E-state index in [0.29, 0.717) is 0 Å². The van der Waals surface area contributed by atoms with Crippen LogP contribution >= 0.6 is 0 Å². The third-order valence-corrected chi connectivity index (χ3v) is 6.84. The summed E-state index contributed by atoms with van der Waals surface area (Å²) in [5.74, 6) is 3.00. The molecule has 0 aliphatic heterocycles. The van der Waals surface area contributed by atoms with Crippen molar-refractivity contribution in [3.63, 3.8) is 0 Å². The zero-order chi connectivity index (χ0) is 17.6. The molecule has 1 saturated carbocycles. The fourth-order valence-electron chi connectivity index (χ4n) is 5.18.